The Morgan fingerprint density at radius 3 is 2.69 bits per heavy atom. The zero-order valence-electron chi connectivity index (χ0n) is 10.9. The number of hydrogen-bond acceptors (Lipinski definition) is 2. The van der Waals surface area contributed by atoms with E-state index in [4.69, 9.17) is 4.74 Å². The molecule has 1 heterocycles. The van der Waals surface area contributed by atoms with E-state index in [0.29, 0.717) is 6.10 Å². The van der Waals surface area contributed by atoms with Crippen LogP contribution in [0.1, 0.15) is 52.4 Å². The van der Waals surface area contributed by atoms with Gasteiger partial charge in [0.2, 0.25) is 0 Å². The Hall–Kier alpha value is -0.0800. The second-order valence-electron chi connectivity index (χ2n) is 5.56. The molecule has 0 aromatic rings. The molecule has 0 aromatic heterocycles. The van der Waals surface area contributed by atoms with Gasteiger partial charge in [0.05, 0.1) is 6.10 Å². The van der Waals surface area contributed by atoms with Crippen LogP contribution in [0.3, 0.4) is 0 Å². The van der Waals surface area contributed by atoms with Crippen LogP contribution < -0.4 is 5.32 Å². The van der Waals surface area contributed by atoms with Gasteiger partial charge in [0.15, 0.2) is 0 Å². The smallest absolute Gasteiger partial charge is 0.0613 e. The summed E-state index contributed by atoms with van der Waals surface area (Å²) < 4.78 is 5.73. The molecule has 1 saturated heterocycles. The molecule has 0 radical (unpaired) electrons. The van der Waals surface area contributed by atoms with E-state index in [0.717, 1.165) is 24.5 Å². The first kappa shape index (κ1) is 12.4. The number of nitrogens with one attached hydrogen (secondary N) is 1. The van der Waals surface area contributed by atoms with E-state index in [-0.39, 0.29) is 0 Å². The zero-order chi connectivity index (χ0) is 11.4. The van der Waals surface area contributed by atoms with Crippen LogP contribution >= 0.6 is 0 Å². The van der Waals surface area contributed by atoms with Crippen LogP contribution in [0, 0.1) is 11.8 Å². The molecule has 0 amide bonds. The Morgan fingerprint density at radius 2 is 2.00 bits per heavy atom. The Bertz CT molecular complexity index is 207. The summed E-state index contributed by atoms with van der Waals surface area (Å²) in [6.45, 7) is 6.73. The van der Waals surface area contributed by atoms with Crippen molar-refractivity contribution in [3.05, 3.63) is 0 Å². The first-order valence-electron chi connectivity index (χ1n) is 7.18. The fraction of sp³-hybridized carbons (Fsp3) is 1.00. The first-order chi connectivity index (χ1) is 7.83. The lowest BCUT2D eigenvalue weighted by Gasteiger charge is -2.20. The highest BCUT2D eigenvalue weighted by Gasteiger charge is 2.28. The SMILES string of the molecule is CCC1CCC(NCC2CCOC2CC)C1. The van der Waals surface area contributed by atoms with Gasteiger partial charge in [-0.2, -0.15) is 0 Å². The molecular formula is C14H27NO. The molecule has 1 N–H and O–H groups in total. The predicted octanol–water partition coefficient (Wildman–Crippen LogP) is 2.97. The quantitative estimate of drug-likeness (QED) is 0.776. The van der Waals surface area contributed by atoms with E-state index in [1.54, 1.807) is 0 Å². The third kappa shape index (κ3) is 2.98. The molecule has 4 unspecified atom stereocenters. The van der Waals surface area contributed by atoms with Gasteiger partial charge in [-0.1, -0.05) is 20.3 Å². The first-order valence-corrected chi connectivity index (χ1v) is 7.18. The van der Waals surface area contributed by atoms with Crippen LogP contribution in [0.4, 0.5) is 0 Å². The van der Waals surface area contributed by atoms with Crippen molar-refractivity contribution in [3.8, 4) is 0 Å². The van der Waals surface area contributed by atoms with Gasteiger partial charge in [0.25, 0.3) is 0 Å². The second kappa shape index (κ2) is 6.02. The highest BCUT2D eigenvalue weighted by atomic mass is 16.5. The molecule has 1 aliphatic heterocycles. The van der Waals surface area contributed by atoms with Crippen LogP contribution in [0.25, 0.3) is 0 Å². The molecule has 1 saturated carbocycles. The third-order valence-corrected chi connectivity index (χ3v) is 4.54. The summed E-state index contributed by atoms with van der Waals surface area (Å²) in [5, 5.41) is 3.77. The average molecular weight is 225 g/mol. The van der Waals surface area contributed by atoms with E-state index in [1.807, 2.05) is 0 Å². The summed E-state index contributed by atoms with van der Waals surface area (Å²) >= 11 is 0. The highest BCUT2D eigenvalue weighted by molar-refractivity contribution is 4.83. The molecule has 94 valence electrons. The minimum absolute atomic E-state index is 0.524. The molecule has 2 nitrogen and oxygen atoms in total. The van der Waals surface area contributed by atoms with Crippen LogP contribution in [0.5, 0.6) is 0 Å². The Kier molecular flexibility index (Phi) is 4.66. The lowest BCUT2D eigenvalue weighted by molar-refractivity contribution is 0.0866. The van der Waals surface area contributed by atoms with Crippen molar-refractivity contribution in [2.45, 2.75) is 64.5 Å². The van der Waals surface area contributed by atoms with Gasteiger partial charge in [-0.15, -0.1) is 0 Å². The highest BCUT2D eigenvalue weighted by Crippen LogP contribution is 2.29. The lowest BCUT2D eigenvalue weighted by Crippen LogP contribution is -2.34. The van der Waals surface area contributed by atoms with Crippen molar-refractivity contribution in [3.63, 3.8) is 0 Å². The maximum atomic E-state index is 5.73. The summed E-state index contributed by atoms with van der Waals surface area (Å²) in [4.78, 5) is 0. The van der Waals surface area contributed by atoms with Crippen LogP contribution in [0.15, 0.2) is 0 Å². The fourth-order valence-electron chi connectivity index (χ4n) is 3.33. The molecule has 1 aliphatic carbocycles. The topological polar surface area (TPSA) is 21.3 Å². The lowest BCUT2D eigenvalue weighted by atomic mass is 9.99. The van der Waals surface area contributed by atoms with Crippen molar-refractivity contribution >= 4 is 0 Å². The van der Waals surface area contributed by atoms with Crippen LogP contribution in [-0.2, 0) is 4.74 Å². The normalized spacial score (nSPS) is 39.4. The second-order valence-corrected chi connectivity index (χ2v) is 5.56. The number of hydrogen-bond donors (Lipinski definition) is 1. The Morgan fingerprint density at radius 1 is 1.12 bits per heavy atom. The van der Waals surface area contributed by atoms with Crippen molar-refractivity contribution in [2.24, 2.45) is 11.8 Å². The third-order valence-electron chi connectivity index (χ3n) is 4.54. The van der Waals surface area contributed by atoms with Crippen molar-refractivity contribution < 1.29 is 4.74 Å². The van der Waals surface area contributed by atoms with Gasteiger partial charge in [0.1, 0.15) is 0 Å². The summed E-state index contributed by atoms with van der Waals surface area (Å²) in [5.74, 6) is 1.75. The van der Waals surface area contributed by atoms with Crippen molar-refractivity contribution in [2.75, 3.05) is 13.2 Å². The van der Waals surface area contributed by atoms with Gasteiger partial charge >= 0.3 is 0 Å². The summed E-state index contributed by atoms with van der Waals surface area (Å²) in [7, 11) is 0. The molecule has 0 aromatic carbocycles. The van der Waals surface area contributed by atoms with Crippen molar-refractivity contribution in [1.82, 2.24) is 5.32 Å². The van der Waals surface area contributed by atoms with Gasteiger partial charge in [-0.05, 0) is 43.9 Å². The summed E-state index contributed by atoms with van der Waals surface area (Å²) in [5.41, 5.74) is 0. The zero-order valence-corrected chi connectivity index (χ0v) is 10.9. The van der Waals surface area contributed by atoms with Crippen LogP contribution in [0.2, 0.25) is 0 Å². The molecule has 2 aliphatic rings. The Labute approximate surface area is 100 Å². The van der Waals surface area contributed by atoms with E-state index in [2.05, 4.69) is 19.2 Å². The molecule has 0 spiro atoms. The van der Waals surface area contributed by atoms with Gasteiger partial charge < -0.3 is 10.1 Å². The monoisotopic (exact) mass is 225 g/mol. The number of rotatable bonds is 5. The molecule has 2 heteroatoms. The number of ether oxygens (including phenoxy) is 1. The minimum Gasteiger partial charge on any atom is -0.378 e. The predicted molar refractivity (Wildman–Crippen MR) is 67.6 cm³/mol. The molecular weight excluding hydrogens is 198 g/mol. The molecule has 0 bridgehead atoms. The average Bonchev–Trinajstić information content (AvgIpc) is 2.94. The van der Waals surface area contributed by atoms with Gasteiger partial charge in [-0.3, -0.25) is 0 Å². The fourth-order valence-corrected chi connectivity index (χ4v) is 3.33. The molecule has 2 fully saturated rings. The summed E-state index contributed by atoms with van der Waals surface area (Å²) in [6.07, 6.45) is 8.55. The standard InChI is InChI=1S/C14H27NO/c1-3-11-5-6-13(9-11)15-10-12-7-8-16-14(12)4-2/h11-15H,3-10H2,1-2H3. The summed E-state index contributed by atoms with van der Waals surface area (Å²) in [6, 6.07) is 0.794. The maximum Gasteiger partial charge on any atom is 0.0613 e. The molecule has 4 atom stereocenters. The van der Waals surface area contributed by atoms with E-state index >= 15 is 0 Å². The van der Waals surface area contributed by atoms with E-state index < -0.39 is 0 Å². The maximum absolute atomic E-state index is 5.73. The van der Waals surface area contributed by atoms with E-state index in [9.17, 15) is 0 Å². The Balaban J connectivity index is 1.67. The van der Waals surface area contributed by atoms with Gasteiger partial charge in [-0.25, -0.2) is 0 Å². The molecule has 2 rings (SSSR count). The van der Waals surface area contributed by atoms with Crippen LogP contribution in [-0.4, -0.2) is 25.3 Å². The minimum atomic E-state index is 0.524. The molecule has 16 heavy (non-hydrogen) atoms. The largest absolute Gasteiger partial charge is 0.378 e. The van der Waals surface area contributed by atoms with Crippen molar-refractivity contribution in [1.29, 1.82) is 0 Å². The van der Waals surface area contributed by atoms with Gasteiger partial charge in [0, 0.05) is 19.2 Å². The van der Waals surface area contributed by atoms with E-state index in [1.165, 1.54) is 45.1 Å².